The molecule has 2 aliphatic rings. The van der Waals surface area contributed by atoms with Gasteiger partial charge in [-0.2, -0.15) is 5.10 Å². The summed E-state index contributed by atoms with van der Waals surface area (Å²) in [7, 11) is 1.94. The molecule has 2 aliphatic heterocycles. The van der Waals surface area contributed by atoms with Gasteiger partial charge in [-0.15, -0.1) is 0 Å². The monoisotopic (exact) mass is 341 g/mol. The third-order valence-corrected chi connectivity index (χ3v) is 5.37. The topological polar surface area (TPSA) is 73.1 Å². The van der Waals surface area contributed by atoms with Crippen molar-refractivity contribution in [1.82, 2.24) is 24.6 Å². The zero-order chi connectivity index (χ0) is 17.4. The molecule has 7 nitrogen and oxygen atoms in total. The molecule has 25 heavy (non-hydrogen) atoms. The van der Waals surface area contributed by atoms with E-state index in [1.807, 2.05) is 29.7 Å². The van der Waals surface area contributed by atoms with Crippen LogP contribution in [0.2, 0.25) is 0 Å². The minimum atomic E-state index is -0.101. The van der Waals surface area contributed by atoms with Gasteiger partial charge >= 0.3 is 0 Å². The van der Waals surface area contributed by atoms with E-state index in [-0.39, 0.29) is 11.5 Å². The van der Waals surface area contributed by atoms with Crippen molar-refractivity contribution < 1.29 is 9.53 Å². The smallest absolute Gasteiger partial charge is 0.274 e. The predicted octanol–water partition coefficient (Wildman–Crippen LogP) is 1.70. The number of amides is 1. The second-order valence-electron chi connectivity index (χ2n) is 7.18. The Bertz CT molecular complexity index is 762. The lowest BCUT2D eigenvalue weighted by Crippen LogP contribution is -2.46. The zero-order valence-corrected chi connectivity index (χ0v) is 14.7. The number of aryl methyl sites for hydroxylation is 2. The highest BCUT2D eigenvalue weighted by molar-refractivity contribution is 5.92. The fourth-order valence-corrected chi connectivity index (χ4v) is 3.84. The number of aromatic nitrogens is 4. The van der Waals surface area contributed by atoms with Gasteiger partial charge in [0.25, 0.3) is 5.91 Å². The summed E-state index contributed by atoms with van der Waals surface area (Å²) in [6.07, 6.45) is 9.95. The second kappa shape index (κ2) is 6.22. The van der Waals surface area contributed by atoms with Crippen molar-refractivity contribution in [2.24, 2.45) is 7.05 Å². The summed E-state index contributed by atoms with van der Waals surface area (Å²) in [4.78, 5) is 22.8. The van der Waals surface area contributed by atoms with Crippen LogP contribution in [0.4, 0.5) is 0 Å². The molecule has 0 aliphatic carbocycles. The maximum absolute atomic E-state index is 12.6. The average molecular weight is 341 g/mol. The van der Waals surface area contributed by atoms with Gasteiger partial charge in [-0.1, -0.05) is 0 Å². The highest BCUT2D eigenvalue weighted by Crippen LogP contribution is 2.42. The number of hydrogen-bond acceptors (Lipinski definition) is 5. The van der Waals surface area contributed by atoms with E-state index in [1.165, 1.54) is 5.56 Å². The summed E-state index contributed by atoms with van der Waals surface area (Å²) in [5, 5.41) is 4.27. The molecule has 0 radical (unpaired) electrons. The Morgan fingerprint density at radius 2 is 2.04 bits per heavy atom. The predicted molar refractivity (Wildman–Crippen MR) is 91.2 cm³/mol. The average Bonchev–Trinajstić information content (AvgIpc) is 3.23. The molecule has 0 N–H and O–H groups in total. The molecule has 4 heterocycles. The van der Waals surface area contributed by atoms with E-state index in [2.05, 4.69) is 21.3 Å². The number of carbonyl (C=O) groups is 1. The van der Waals surface area contributed by atoms with E-state index in [4.69, 9.17) is 4.74 Å². The molecule has 2 aromatic heterocycles. The van der Waals surface area contributed by atoms with Crippen LogP contribution in [-0.2, 0) is 11.8 Å². The number of hydrogen-bond donors (Lipinski definition) is 0. The third-order valence-electron chi connectivity index (χ3n) is 5.37. The number of piperidine rings is 1. The molecule has 2 fully saturated rings. The molecule has 1 atom stereocenters. The molecule has 1 spiro atoms. The van der Waals surface area contributed by atoms with Crippen LogP contribution in [-0.4, -0.2) is 55.9 Å². The van der Waals surface area contributed by atoms with Crippen molar-refractivity contribution in [3.8, 4) is 0 Å². The Morgan fingerprint density at radius 1 is 1.24 bits per heavy atom. The first kappa shape index (κ1) is 16.2. The maximum Gasteiger partial charge on any atom is 0.274 e. The Balaban J connectivity index is 1.38. The first-order valence-electron chi connectivity index (χ1n) is 8.75. The fraction of sp³-hybridized carbons (Fsp3) is 0.556. The number of carbonyl (C=O) groups excluding carboxylic acids is 1. The Morgan fingerprint density at radius 3 is 2.68 bits per heavy atom. The van der Waals surface area contributed by atoms with Crippen molar-refractivity contribution in [3.05, 3.63) is 41.7 Å². The van der Waals surface area contributed by atoms with Gasteiger partial charge in [0.2, 0.25) is 0 Å². The molecule has 2 saturated heterocycles. The minimum Gasteiger partial charge on any atom is -0.374 e. The molecule has 132 valence electrons. The lowest BCUT2D eigenvalue weighted by molar-refractivity contribution is -0.0389. The van der Waals surface area contributed by atoms with Crippen molar-refractivity contribution in [2.45, 2.75) is 37.7 Å². The van der Waals surface area contributed by atoms with Gasteiger partial charge in [-0.05, 0) is 31.7 Å². The van der Waals surface area contributed by atoms with Crippen LogP contribution in [0.1, 0.15) is 46.9 Å². The molecule has 7 heteroatoms. The van der Waals surface area contributed by atoms with Crippen molar-refractivity contribution in [2.75, 3.05) is 19.7 Å². The van der Waals surface area contributed by atoms with E-state index in [0.717, 1.165) is 31.6 Å². The summed E-state index contributed by atoms with van der Waals surface area (Å²) < 4.78 is 8.04. The Hall–Kier alpha value is -2.28. The van der Waals surface area contributed by atoms with Gasteiger partial charge in [0.1, 0.15) is 5.69 Å². The normalized spacial score (nSPS) is 22.5. The summed E-state index contributed by atoms with van der Waals surface area (Å²) in [5.74, 6) is 0.364. The third kappa shape index (κ3) is 3.16. The second-order valence-corrected chi connectivity index (χ2v) is 7.18. The van der Waals surface area contributed by atoms with Crippen LogP contribution in [0, 0.1) is 6.92 Å². The maximum atomic E-state index is 12.6. The summed E-state index contributed by atoms with van der Waals surface area (Å²) in [6.45, 7) is 4.01. The Labute approximate surface area is 147 Å². The lowest BCUT2D eigenvalue weighted by Gasteiger charge is -2.38. The van der Waals surface area contributed by atoms with Crippen LogP contribution in [0.15, 0.2) is 24.8 Å². The molecule has 0 bridgehead atoms. The van der Waals surface area contributed by atoms with E-state index in [0.29, 0.717) is 24.7 Å². The van der Waals surface area contributed by atoms with Gasteiger partial charge < -0.3 is 9.64 Å². The van der Waals surface area contributed by atoms with Crippen molar-refractivity contribution in [1.29, 1.82) is 0 Å². The number of ether oxygens (including phenoxy) is 1. The fourth-order valence-electron chi connectivity index (χ4n) is 3.84. The van der Waals surface area contributed by atoms with E-state index < -0.39 is 0 Å². The van der Waals surface area contributed by atoms with Crippen LogP contribution in [0.3, 0.4) is 0 Å². The molecule has 1 amide bonds. The Kier molecular flexibility index (Phi) is 4.03. The molecule has 0 saturated carbocycles. The largest absolute Gasteiger partial charge is 0.374 e. The van der Waals surface area contributed by atoms with Crippen LogP contribution < -0.4 is 0 Å². The standard InChI is InChI=1S/C18H23N5O2/c1-13-8-20-16(10-19-13)17(24)23-5-3-18(4-6-23)7-14(12-25-18)15-9-21-22(2)11-15/h8-11,14H,3-7,12H2,1-2H3. The molecule has 1 unspecified atom stereocenters. The van der Waals surface area contributed by atoms with Gasteiger partial charge in [-0.25, -0.2) is 4.98 Å². The summed E-state index contributed by atoms with van der Waals surface area (Å²) >= 11 is 0. The first-order valence-corrected chi connectivity index (χ1v) is 8.75. The number of nitrogens with zero attached hydrogens (tertiary/aromatic N) is 5. The molecular formula is C18H23N5O2. The molecule has 2 aromatic rings. The van der Waals surface area contributed by atoms with E-state index in [9.17, 15) is 4.79 Å². The zero-order valence-electron chi connectivity index (χ0n) is 14.7. The SMILES string of the molecule is Cc1cnc(C(=O)N2CCC3(CC2)CC(c2cnn(C)c2)CO3)cn1. The molecular weight excluding hydrogens is 318 g/mol. The molecule has 0 aromatic carbocycles. The van der Waals surface area contributed by atoms with Crippen LogP contribution >= 0.6 is 0 Å². The quantitative estimate of drug-likeness (QED) is 0.831. The first-order chi connectivity index (χ1) is 12.0. The minimum absolute atomic E-state index is 0.0378. The highest BCUT2D eigenvalue weighted by Gasteiger charge is 2.44. The van der Waals surface area contributed by atoms with Crippen molar-refractivity contribution in [3.63, 3.8) is 0 Å². The van der Waals surface area contributed by atoms with Gasteiger partial charge in [-0.3, -0.25) is 14.5 Å². The van der Waals surface area contributed by atoms with Gasteiger partial charge in [0, 0.05) is 38.4 Å². The number of rotatable bonds is 2. The van der Waals surface area contributed by atoms with Gasteiger partial charge in [0.15, 0.2) is 0 Å². The van der Waals surface area contributed by atoms with Crippen molar-refractivity contribution >= 4 is 5.91 Å². The highest BCUT2D eigenvalue weighted by atomic mass is 16.5. The summed E-state index contributed by atoms with van der Waals surface area (Å²) in [6, 6.07) is 0. The van der Waals surface area contributed by atoms with E-state index >= 15 is 0 Å². The number of likely N-dealkylation sites (tertiary alicyclic amines) is 1. The van der Waals surface area contributed by atoms with E-state index in [1.54, 1.807) is 12.4 Å². The lowest BCUT2D eigenvalue weighted by atomic mass is 9.84. The summed E-state index contributed by atoms with van der Waals surface area (Å²) in [5.41, 5.74) is 2.38. The molecule has 4 rings (SSSR count). The van der Waals surface area contributed by atoms with Gasteiger partial charge in [0.05, 0.1) is 30.3 Å². The van der Waals surface area contributed by atoms with Crippen LogP contribution in [0.5, 0.6) is 0 Å². The van der Waals surface area contributed by atoms with Crippen LogP contribution in [0.25, 0.3) is 0 Å².